The van der Waals surface area contributed by atoms with Crippen LogP contribution in [0.4, 0.5) is 5.69 Å². The number of thiazole rings is 1. The van der Waals surface area contributed by atoms with Crippen molar-refractivity contribution in [3.63, 3.8) is 0 Å². The zero-order chi connectivity index (χ0) is 18.6. The molecule has 8 heteroatoms. The molecule has 0 spiro atoms. The van der Waals surface area contributed by atoms with E-state index in [0.717, 1.165) is 24.5 Å². The van der Waals surface area contributed by atoms with E-state index in [1.807, 2.05) is 29.2 Å². The van der Waals surface area contributed by atoms with E-state index >= 15 is 0 Å². The maximum Gasteiger partial charge on any atom is 0.273 e. The van der Waals surface area contributed by atoms with Crippen LogP contribution in [0.25, 0.3) is 10.7 Å². The largest absolute Gasteiger partial charge is 0.495 e. The third-order valence-corrected chi connectivity index (χ3v) is 5.36. The molecule has 3 heterocycles. The number of nitrogens with zero attached hydrogens (tertiary/aromatic N) is 5. The number of rotatable bonds is 4. The van der Waals surface area contributed by atoms with Crippen molar-refractivity contribution in [3.05, 3.63) is 53.9 Å². The Kier molecular flexibility index (Phi) is 4.97. The van der Waals surface area contributed by atoms with Crippen LogP contribution < -0.4 is 9.64 Å². The van der Waals surface area contributed by atoms with Crippen LogP contribution in [-0.2, 0) is 0 Å². The Morgan fingerprint density at radius 3 is 2.70 bits per heavy atom. The summed E-state index contributed by atoms with van der Waals surface area (Å²) in [5.41, 5.74) is 2.21. The number of aromatic nitrogens is 3. The molecular formula is C19H19N5O2S. The molecule has 1 saturated heterocycles. The molecule has 0 saturated carbocycles. The fraction of sp³-hybridized carbons (Fsp3) is 0.263. The Morgan fingerprint density at radius 2 is 1.96 bits per heavy atom. The molecule has 1 amide bonds. The van der Waals surface area contributed by atoms with Gasteiger partial charge in [0, 0.05) is 44.0 Å². The van der Waals surface area contributed by atoms with Crippen molar-refractivity contribution in [2.75, 3.05) is 38.2 Å². The van der Waals surface area contributed by atoms with Crippen LogP contribution >= 0.6 is 11.3 Å². The summed E-state index contributed by atoms with van der Waals surface area (Å²) in [6.07, 6.45) is 4.89. The van der Waals surface area contributed by atoms with Crippen LogP contribution in [0, 0.1) is 0 Å². The number of para-hydroxylation sites is 2. The number of anilines is 1. The molecule has 0 atom stereocenters. The summed E-state index contributed by atoms with van der Waals surface area (Å²) in [7, 11) is 1.68. The van der Waals surface area contributed by atoms with Crippen LogP contribution in [0.1, 0.15) is 10.5 Å². The molecule has 7 nitrogen and oxygen atoms in total. The standard InChI is InChI=1S/C19H19N5O2S/c1-26-17-5-3-2-4-16(17)23-8-10-24(11-9-23)19(25)15-13-27-18(22-15)14-12-20-6-7-21-14/h2-7,12-13H,8-11H2,1H3. The first kappa shape index (κ1) is 17.4. The SMILES string of the molecule is COc1ccccc1N1CCN(C(=O)c2csc(-c3cnccn3)n2)CC1. The normalized spacial score (nSPS) is 14.3. The predicted molar refractivity (Wildman–Crippen MR) is 104 cm³/mol. The molecule has 0 bridgehead atoms. The second kappa shape index (κ2) is 7.71. The van der Waals surface area contributed by atoms with Crippen molar-refractivity contribution in [3.8, 4) is 16.5 Å². The van der Waals surface area contributed by atoms with Crippen molar-refractivity contribution in [2.24, 2.45) is 0 Å². The molecule has 0 radical (unpaired) electrons. The van der Waals surface area contributed by atoms with Crippen LogP contribution in [0.2, 0.25) is 0 Å². The molecule has 2 aromatic heterocycles. The van der Waals surface area contributed by atoms with Gasteiger partial charge in [-0.1, -0.05) is 12.1 Å². The fourth-order valence-corrected chi connectivity index (χ4v) is 3.86. The van der Waals surface area contributed by atoms with Crippen molar-refractivity contribution in [1.82, 2.24) is 19.9 Å². The van der Waals surface area contributed by atoms with E-state index in [-0.39, 0.29) is 5.91 Å². The van der Waals surface area contributed by atoms with Gasteiger partial charge >= 0.3 is 0 Å². The van der Waals surface area contributed by atoms with Gasteiger partial charge in [-0.3, -0.25) is 14.8 Å². The minimum absolute atomic E-state index is 0.0407. The topological polar surface area (TPSA) is 71.5 Å². The summed E-state index contributed by atoms with van der Waals surface area (Å²) in [5, 5.41) is 2.50. The van der Waals surface area contributed by atoms with Crippen molar-refractivity contribution in [1.29, 1.82) is 0 Å². The first-order valence-electron chi connectivity index (χ1n) is 8.65. The molecule has 138 valence electrons. The van der Waals surface area contributed by atoms with E-state index in [0.29, 0.717) is 29.5 Å². The summed E-state index contributed by atoms with van der Waals surface area (Å²) in [6.45, 7) is 2.81. The molecule has 1 aliphatic heterocycles. The summed E-state index contributed by atoms with van der Waals surface area (Å²) in [4.78, 5) is 29.6. The molecule has 1 aliphatic rings. The quantitative estimate of drug-likeness (QED) is 0.692. The second-order valence-corrected chi connectivity index (χ2v) is 6.94. The number of carbonyl (C=O) groups excluding carboxylic acids is 1. The van der Waals surface area contributed by atoms with Gasteiger partial charge in [-0.05, 0) is 12.1 Å². The van der Waals surface area contributed by atoms with Crippen LogP contribution in [0.3, 0.4) is 0 Å². The average Bonchev–Trinajstić information content (AvgIpc) is 3.24. The van der Waals surface area contributed by atoms with Crippen LogP contribution in [0.15, 0.2) is 48.2 Å². The van der Waals surface area contributed by atoms with E-state index < -0.39 is 0 Å². The molecule has 0 aliphatic carbocycles. The van der Waals surface area contributed by atoms with Gasteiger partial charge in [-0.15, -0.1) is 11.3 Å². The molecule has 1 aromatic carbocycles. The average molecular weight is 381 g/mol. The van der Waals surface area contributed by atoms with Crippen LogP contribution in [-0.4, -0.2) is 59.0 Å². The number of piperazine rings is 1. The fourth-order valence-electron chi connectivity index (χ4n) is 3.10. The molecule has 27 heavy (non-hydrogen) atoms. The summed E-state index contributed by atoms with van der Waals surface area (Å²) < 4.78 is 5.45. The molecule has 4 rings (SSSR count). The van der Waals surface area contributed by atoms with Crippen LogP contribution in [0.5, 0.6) is 5.75 Å². The van der Waals surface area contributed by atoms with E-state index in [4.69, 9.17) is 4.74 Å². The second-order valence-electron chi connectivity index (χ2n) is 6.08. The molecule has 3 aromatic rings. The maximum absolute atomic E-state index is 12.8. The number of hydrogen-bond donors (Lipinski definition) is 0. The Balaban J connectivity index is 1.43. The monoisotopic (exact) mass is 381 g/mol. The Bertz CT molecular complexity index is 923. The Labute approximate surface area is 161 Å². The predicted octanol–water partition coefficient (Wildman–Crippen LogP) is 2.57. The summed E-state index contributed by atoms with van der Waals surface area (Å²) in [6, 6.07) is 7.96. The minimum Gasteiger partial charge on any atom is -0.495 e. The first-order chi connectivity index (χ1) is 13.3. The number of methoxy groups -OCH3 is 1. The number of benzene rings is 1. The van der Waals surface area contributed by atoms with Crippen molar-refractivity contribution < 1.29 is 9.53 Å². The molecule has 0 N–H and O–H groups in total. The zero-order valence-electron chi connectivity index (χ0n) is 14.9. The van der Waals surface area contributed by atoms with Crippen molar-refractivity contribution >= 4 is 22.9 Å². The lowest BCUT2D eigenvalue weighted by Crippen LogP contribution is -2.49. The number of hydrogen-bond acceptors (Lipinski definition) is 7. The number of ether oxygens (including phenoxy) is 1. The zero-order valence-corrected chi connectivity index (χ0v) is 15.7. The third-order valence-electron chi connectivity index (χ3n) is 4.50. The Hall–Kier alpha value is -3.00. The molecule has 1 fully saturated rings. The van der Waals surface area contributed by atoms with Gasteiger partial charge in [0.15, 0.2) is 0 Å². The molecular weight excluding hydrogens is 362 g/mol. The lowest BCUT2D eigenvalue weighted by Gasteiger charge is -2.36. The number of amides is 1. The minimum atomic E-state index is -0.0407. The van der Waals surface area contributed by atoms with Gasteiger partial charge in [0.25, 0.3) is 5.91 Å². The van der Waals surface area contributed by atoms with Gasteiger partial charge in [0.2, 0.25) is 0 Å². The van der Waals surface area contributed by atoms with E-state index in [1.165, 1.54) is 11.3 Å². The highest BCUT2D eigenvalue weighted by atomic mass is 32.1. The highest BCUT2D eigenvalue weighted by Gasteiger charge is 2.25. The first-order valence-corrected chi connectivity index (χ1v) is 9.53. The lowest BCUT2D eigenvalue weighted by atomic mass is 10.2. The number of carbonyl (C=O) groups is 1. The highest BCUT2D eigenvalue weighted by Crippen LogP contribution is 2.29. The van der Waals surface area contributed by atoms with Gasteiger partial charge in [-0.2, -0.15) is 0 Å². The highest BCUT2D eigenvalue weighted by molar-refractivity contribution is 7.13. The smallest absolute Gasteiger partial charge is 0.273 e. The van der Waals surface area contributed by atoms with E-state index in [1.54, 1.807) is 31.1 Å². The van der Waals surface area contributed by atoms with Gasteiger partial charge in [-0.25, -0.2) is 4.98 Å². The third kappa shape index (κ3) is 3.61. The van der Waals surface area contributed by atoms with Gasteiger partial charge < -0.3 is 14.5 Å². The summed E-state index contributed by atoms with van der Waals surface area (Å²) in [5.74, 6) is 0.812. The van der Waals surface area contributed by atoms with Crippen molar-refractivity contribution in [2.45, 2.75) is 0 Å². The van der Waals surface area contributed by atoms with Gasteiger partial charge in [0.05, 0.1) is 19.0 Å². The van der Waals surface area contributed by atoms with Gasteiger partial charge in [0.1, 0.15) is 22.1 Å². The van der Waals surface area contributed by atoms with E-state index in [2.05, 4.69) is 19.9 Å². The lowest BCUT2D eigenvalue weighted by molar-refractivity contribution is 0.0741. The van der Waals surface area contributed by atoms with E-state index in [9.17, 15) is 4.79 Å². The molecule has 0 unspecified atom stereocenters. The maximum atomic E-state index is 12.8. The Morgan fingerprint density at radius 1 is 1.15 bits per heavy atom. The summed E-state index contributed by atoms with van der Waals surface area (Å²) >= 11 is 1.41.